The third kappa shape index (κ3) is 5.99. The van der Waals surface area contributed by atoms with Gasteiger partial charge in [-0.2, -0.15) is 0 Å². The maximum Gasteiger partial charge on any atom is 0.257 e. The van der Waals surface area contributed by atoms with Crippen molar-refractivity contribution in [1.82, 2.24) is 21.3 Å². The molecule has 0 saturated heterocycles. The summed E-state index contributed by atoms with van der Waals surface area (Å²) in [6.45, 7) is 12.3. The van der Waals surface area contributed by atoms with E-state index in [1.54, 1.807) is 0 Å². The van der Waals surface area contributed by atoms with Crippen LogP contribution in [-0.2, 0) is 19.2 Å². The van der Waals surface area contributed by atoms with Gasteiger partial charge in [-0.25, -0.2) is 0 Å². The Hall–Kier alpha value is -2.64. The third-order valence-corrected chi connectivity index (χ3v) is 6.56. The van der Waals surface area contributed by atoms with Crippen LogP contribution in [0, 0.1) is 0 Å². The Morgan fingerprint density at radius 2 is 0.969 bits per heavy atom. The number of carbonyl (C=O) groups is 4. The highest BCUT2D eigenvalue weighted by Gasteiger charge is 2.39. The van der Waals surface area contributed by atoms with E-state index in [0.717, 1.165) is 49.7 Å². The minimum absolute atomic E-state index is 0.238. The molecule has 8 nitrogen and oxygen atoms in total. The van der Waals surface area contributed by atoms with E-state index in [1.165, 1.54) is 0 Å². The summed E-state index contributed by atoms with van der Waals surface area (Å²) in [5, 5.41) is 11.3. The molecule has 0 atom stereocenters. The molecule has 0 bridgehead atoms. The van der Waals surface area contributed by atoms with E-state index in [0.29, 0.717) is 13.1 Å². The predicted octanol–water partition coefficient (Wildman–Crippen LogP) is 2.01. The number of hydrogen-bond acceptors (Lipinski definition) is 4. The zero-order chi connectivity index (χ0) is 24.1. The van der Waals surface area contributed by atoms with Gasteiger partial charge in [0.25, 0.3) is 23.6 Å². The van der Waals surface area contributed by atoms with E-state index in [1.807, 2.05) is 41.5 Å². The summed E-state index contributed by atoms with van der Waals surface area (Å²) in [6.07, 6.45) is 5.78. The Morgan fingerprint density at radius 1 is 0.656 bits per heavy atom. The van der Waals surface area contributed by atoms with E-state index in [-0.39, 0.29) is 34.8 Å². The van der Waals surface area contributed by atoms with Gasteiger partial charge in [-0.1, -0.05) is 25.7 Å². The minimum Gasteiger partial charge on any atom is -0.352 e. The molecule has 2 rings (SSSR count). The smallest absolute Gasteiger partial charge is 0.257 e. The van der Waals surface area contributed by atoms with Crippen LogP contribution >= 0.6 is 0 Å². The molecule has 4 amide bonds. The van der Waals surface area contributed by atoms with Gasteiger partial charge in [0.05, 0.1) is 11.1 Å². The van der Waals surface area contributed by atoms with Gasteiger partial charge < -0.3 is 21.3 Å². The van der Waals surface area contributed by atoms with Crippen molar-refractivity contribution >= 4 is 23.6 Å². The maximum atomic E-state index is 12.3. The summed E-state index contributed by atoms with van der Waals surface area (Å²) in [4.78, 5) is 48.6. The Kier molecular flexibility index (Phi) is 8.26. The average Bonchev–Trinajstić information content (AvgIpc) is 3.02. The lowest BCUT2D eigenvalue weighted by Gasteiger charge is -2.19. The van der Waals surface area contributed by atoms with Gasteiger partial charge in [-0.05, 0) is 65.5 Å². The van der Waals surface area contributed by atoms with Gasteiger partial charge in [0.2, 0.25) is 0 Å². The number of hydrogen-bond donors (Lipinski definition) is 4. The summed E-state index contributed by atoms with van der Waals surface area (Å²) < 4.78 is 0. The van der Waals surface area contributed by atoms with Crippen LogP contribution in [-0.4, -0.2) is 47.8 Å². The van der Waals surface area contributed by atoms with Gasteiger partial charge in [0.1, 0.15) is 11.1 Å². The highest BCUT2D eigenvalue weighted by Crippen LogP contribution is 2.27. The first-order chi connectivity index (χ1) is 14.9. The van der Waals surface area contributed by atoms with E-state index in [2.05, 4.69) is 21.3 Å². The summed E-state index contributed by atoms with van der Waals surface area (Å²) in [5.74, 6) is -1.21. The summed E-state index contributed by atoms with van der Waals surface area (Å²) in [5.41, 5.74) is 1.08. The van der Waals surface area contributed by atoms with E-state index in [4.69, 9.17) is 0 Å². The summed E-state index contributed by atoms with van der Waals surface area (Å²) in [7, 11) is 0. The molecule has 2 aliphatic rings. The predicted molar refractivity (Wildman–Crippen MR) is 124 cm³/mol. The van der Waals surface area contributed by atoms with Gasteiger partial charge in [0.15, 0.2) is 0 Å². The van der Waals surface area contributed by atoms with E-state index < -0.39 is 11.1 Å². The van der Waals surface area contributed by atoms with Crippen molar-refractivity contribution in [3.8, 4) is 0 Å². The van der Waals surface area contributed by atoms with Crippen molar-refractivity contribution in [2.24, 2.45) is 0 Å². The number of nitrogens with one attached hydrogen (secondary N) is 4. The Bertz CT molecular complexity index is 782. The quantitative estimate of drug-likeness (QED) is 0.287. The van der Waals surface area contributed by atoms with E-state index >= 15 is 0 Å². The van der Waals surface area contributed by atoms with Crippen molar-refractivity contribution < 1.29 is 19.2 Å². The van der Waals surface area contributed by atoms with Crippen molar-refractivity contribution in [2.75, 3.05) is 13.1 Å². The molecule has 0 aromatic rings. The van der Waals surface area contributed by atoms with Crippen LogP contribution in [0.4, 0.5) is 0 Å². The van der Waals surface area contributed by atoms with Crippen molar-refractivity contribution in [1.29, 1.82) is 0 Å². The first-order valence-electron chi connectivity index (χ1n) is 11.5. The first-order valence-corrected chi connectivity index (χ1v) is 11.5. The molecule has 0 spiro atoms. The molecule has 0 aromatic carbocycles. The molecule has 2 aliphatic heterocycles. The van der Waals surface area contributed by atoms with Gasteiger partial charge >= 0.3 is 0 Å². The second-order valence-corrected chi connectivity index (χ2v) is 9.79. The lowest BCUT2D eigenvalue weighted by Crippen LogP contribution is -2.38. The Balaban J connectivity index is 1.55. The monoisotopic (exact) mass is 446 g/mol. The zero-order valence-corrected chi connectivity index (χ0v) is 20.3. The Labute approximate surface area is 191 Å². The second kappa shape index (κ2) is 10.3. The van der Waals surface area contributed by atoms with E-state index in [9.17, 15) is 19.2 Å². The molecule has 0 aliphatic carbocycles. The second-order valence-electron chi connectivity index (χ2n) is 9.79. The van der Waals surface area contributed by atoms with Gasteiger partial charge in [-0.15, -0.1) is 0 Å². The number of amides is 4. The van der Waals surface area contributed by atoms with Crippen molar-refractivity contribution in [2.45, 2.75) is 91.1 Å². The highest BCUT2D eigenvalue weighted by atomic mass is 16.2. The molecule has 178 valence electrons. The molecular formula is C24H38N4O4. The largest absolute Gasteiger partial charge is 0.352 e. The number of rotatable bonds is 11. The van der Waals surface area contributed by atoms with Gasteiger partial charge in [-0.3, -0.25) is 19.2 Å². The zero-order valence-electron chi connectivity index (χ0n) is 20.3. The molecule has 0 saturated carbocycles. The Morgan fingerprint density at radius 3 is 1.25 bits per heavy atom. The minimum atomic E-state index is -0.473. The molecule has 0 aromatic heterocycles. The summed E-state index contributed by atoms with van der Waals surface area (Å²) >= 11 is 0. The molecule has 4 N–H and O–H groups in total. The molecule has 0 fully saturated rings. The molecule has 2 heterocycles. The van der Waals surface area contributed by atoms with Gasteiger partial charge in [0, 0.05) is 13.1 Å². The fourth-order valence-electron chi connectivity index (χ4n) is 3.93. The lowest BCUT2D eigenvalue weighted by atomic mass is 9.95. The summed E-state index contributed by atoms with van der Waals surface area (Å²) in [6, 6.07) is 0. The molecule has 32 heavy (non-hydrogen) atoms. The number of carbonyl (C=O) groups excluding carboxylic acids is 4. The topological polar surface area (TPSA) is 116 Å². The molecule has 0 radical (unpaired) electrons. The van der Waals surface area contributed by atoms with Crippen LogP contribution < -0.4 is 21.3 Å². The van der Waals surface area contributed by atoms with Crippen LogP contribution in [0.1, 0.15) is 80.1 Å². The SMILES string of the molecule is CC1=C(C(=O)NCCCCCCCCNC(=O)C2=C(C)C(C)(C)NC2=O)C(=O)NC1(C)C. The van der Waals surface area contributed by atoms with Crippen molar-refractivity contribution in [3.63, 3.8) is 0 Å². The standard InChI is InChI=1S/C24H38N4O4/c1-15-17(21(31)27-23(15,3)4)19(29)25-13-11-9-7-8-10-12-14-26-20(30)18-16(2)24(5,6)28-22(18)32/h7-14H2,1-6H3,(H,25,29)(H,26,30)(H,27,31)(H,28,32). The van der Waals surface area contributed by atoms with Crippen LogP contribution in [0.5, 0.6) is 0 Å². The lowest BCUT2D eigenvalue weighted by molar-refractivity contribution is -0.124. The van der Waals surface area contributed by atoms with Crippen LogP contribution in [0.15, 0.2) is 22.3 Å². The maximum absolute atomic E-state index is 12.3. The van der Waals surface area contributed by atoms with Crippen molar-refractivity contribution in [3.05, 3.63) is 22.3 Å². The highest BCUT2D eigenvalue weighted by molar-refractivity contribution is 6.21. The normalized spacial score (nSPS) is 19.2. The first kappa shape index (κ1) is 25.6. The fraction of sp³-hybridized carbons (Fsp3) is 0.667. The average molecular weight is 447 g/mol. The molecule has 0 unspecified atom stereocenters. The third-order valence-electron chi connectivity index (χ3n) is 6.56. The molecule has 8 heteroatoms. The fourth-order valence-corrected chi connectivity index (χ4v) is 3.93. The van der Waals surface area contributed by atoms with Crippen LogP contribution in [0.3, 0.4) is 0 Å². The van der Waals surface area contributed by atoms with Crippen LogP contribution in [0.25, 0.3) is 0 Å². The van der Waals surface area contributed by atoms with Crippen LogP contribution in [0.2, 0.25) is 0 Å². The molecular weight excluding hydrogens is 408 g/mol. The number of unbranched alkanes of at least 4 members (excludes halogenated alkanes) is 5.